The molecule has 9 nitrogen and oxygen atoms in total. The summed E-state index contributed by atoms with van der Waals surface area (Å²) < 4.78 is 1.54. The lowest BCUT2D eigenvalue weighted by Gasteiger charge is -2.13. The van der Waals surface area contributed by atoms with Crippen molar-refractivity contribution in [3.05, 3.63) is 86.9 Å². The van der Waals surface area contributed by atoms with Gasteiger partial charge < -0.3 is 10.6 Å². The lowest BCUT2D eigenvalue weighted by atomic mass is 9.92. The van der Waals surface area contributed by atoms with Crippen molar-refractivity contribution in [2.24, 2.45) is 7.05 Å². The second-order valence-electron chi connectivity index (χ2n) is 9.21. The molecule has 0 atom stereocenters. The topological polar surface area (TPSA) is 128 Å². The maximum Gasteiger partial charge on any atom is 0.273 e. The Labute approximate surface area is 212 Å². The molecule has 0 aliphatic heterocycles. The number of aromatic amines is 1. The number of nitriles is 1. The standard InChI is InChI=1S/C26H24ClN7O2/c1-26(2,3)21-13-20(34(4)33-21)24(36)29-18-7-5-6-15(12-18)22-19(14-28)23(35)32-25(31-22)30-17-10-8-16(27)9-11-17/h5-13H,1-4H3,(H,29,36)(H2,30,31,32,35). The maximum absolute atomic E-state index is 13.0. The van der Waals surface area contributed by atoms with Crippen LogP contribution in [-0.2, 0) is 12.5 Å². The summed E-state index contributed by atoms with van der Waals surface area (Å²) in [5.74, 6) is -0.169. The van der Waals surface area contributed by atoms with E-state index in [4.69, 9.17) is 11.6 Å². The molecule has 0 saturated carbocycles. The van der Waals surface area contributed by atoms with Crippen LogP contribution >= 0.6 is 11.6 Å². The number of benzene rings is 2. The molecule has 0 unspecified atom stereocenters. The molecule has 0 bridgehead atoms. The molecule has 10 heteroatoms. The van der Waals surface area contributed by atoms with Gasteiger partial charge in [0.2, 0.25) is 5.95 Å². The Morgan fingerprint density at radius 1 is 1.11 bits per heavy atom. The lowest BCUT2D eigenvalue weighted by molar-refractivity contribution is 0.101. The van der Waals surface area contributed by atoms with Crippen LogP contribution in [0, 0.1) is 11.3 Å². The summed E-state index contributed by atoms with van der Waals surface area (Å²) in [4.78, 5) is 32.6. The van der Waals surface area contributed by atoms with E-state index in [1.54, 1.807) is 66.3 Å². The molecule has 0 aliphatic rings. The van der Waals surface area contributed by atoms with Gasteiger partial charge in [-0.25, -0.2) is 4.98 Å². The molecule has 3 N–H and O–H groups in total. The van der Waals surface area contributed by atoms with E-state index in [1.165, 1.54) is 0 Å². The van der Waals surface area contributed by atoms with Crippen LogP contribution in [-0.4, -0.2) is 25.7 Å². The summed E-state index contributed by atoms with van der Waals surface area (Å²) in [7, 11) is 1.72. The van der Waals surface area contributed by atoms with Gasteiger partial charge in [-0.1, -0.05) is 44.5 Å². The normalized spacial score (nSPS) is 11.1. The molecule has 4 rings (SSSR count). The third kappa shape index (κ3) is 5.29. The molecule has 2 heterocycles. The Morgan fingerprint density at radius 2 is 1.83 bits per heavy atom. The molecule has 36 heavy (non-hydrogen) atoms. The second-order valence-corrected chi connectivity index (χ2v) is 9.64. The molecule has 0 aliphatic carbocycles. The Kier molecular flexibility index (Phi) is 6.64. The molecule has 0 radical (unpaired) electrons. The summed E-state index contributed by atoms with van der Waals surface area (Å²) in [5.41, 5.74) is 2.11. The zero-order chi connectivity index (χ0) is 26.0. The summed E-state index contributed by atoms with van der Waals surface area (Å²) >= 11 is 5.93. The van der Waals surface area contributed by atoms with Crippen LogP contribution in [0.1, 0.15) is 42.5 Å². The predicted molar refractivity (Wildman–Crippen MR) is 140 cm³/mol. The van der Waals surface area contributed by atoms with Crippen molar-refractivity contribution in [3.8, 4) is 17.3 Å². The van der Waals surface area contributed by atoms with Gasteiger partial charge in [-0.15, -0.1) is 0 Å². The van der Waals surface area contributed by atoms with Gasteiger partial charge in [0, 0.05) is 34.4 Å². The van der Waals surface area contributed by atoms with E-state index >= 15 is 0 Å². The van der Waals surface area contributed by atoms with Gasteiger partial charge in [0.05, 0.1) is 11.4 Å². The Balaban J connectivity index is 1.65. The van der Waals surface area contributed by atoms with E-state index in [1.807, 2.05) is 26.8 Å². The fourth-order valence-electron chi connectivity index (χ4n) is 3.50. The fraction of sp³-hybridized carbons (Fsp3) is 0.192. The number of hydrogen-bond donors (Lipinski definition) is 3. The van der Waals surface area contributed by atoms with Crippen LogP contribution in [0.2, 0.25) is 5.02 Å². The van der Waals surface area contributed by atoms with Crippen molar-refractivity contribution in [1.82, 2.24) is 19.7 Å². The van der Waals surface area contributed by atoms with E-state index < -0.39 is 5.56 Å². The molecule has 4 aromatic rings. The van der Waals surface area contributed by atoms with Crippen LogP contribution in [0.25, 0.3) is 11.3 Å². The number of hydrogen-bond acceptors (Lipinski definition) is 6. The zero-order valence-corrected chi connectivity index (χ0v) is 20.9. The first-order valence-electron chi connectivity index (χ1n) is 11.1. The van der Waals surface area contributed by atoms with Crippen molar-refractivity contribution >= 4 is 34.8 Å². The molecule has 2 aromatic heterocycles. The third-order valence-electron chi connectivity index (χ3n) is 5.41. The quantitative estimate of drug-likeness (QED) is 0.353. The van der Waals surface area contributed by atoms with E-state index in [0.29, 0.717) is 27.7 Å². The van der Waals surface area contributed by atoms with E-state index in [0.717, 1.165) is 5.69 Å². The van der Waals surface area contributed by atoms with Crippen LogP contribution in [0.5, 0.6) is 0 Å². The minimum absolute atomic E-state index is 0.137. The Morgan fingerprint density at radius 3 is 2.47 bits per heavy atom. The number of carbonyl (C=O) groups excluding carboxylic acids is 1. The zero-order valence-electron chi connectivity index (χ0n) is 20.2. The number of halogens is 1. The molecule has 0 spiro atoms. The largest absolute Gasteiger partial charge is 0.326 e. The van der Waals surface area contributed by atoms with E-state index in [9.17, 15) is 14.9 Å². The fourth-order valence-corrected chi connectivity index (χ4v) is 3.63. The van der Waals surface area contributed by atoms with Crippen molar-refractivity contribution in [3.63, 3.8) is 0 Å². The van der Waals surface area contributed by atoms with Crippen molar-refractivity contribution in [2.45, 2.75) is 26.2 Å². The Bertz CT molecular complexity index is 1540. The van der Waals surface area contributed by atoms with E-state index in [2.05, 4.69) is 25.7 Å². The highest BCUT2D eigenvalue weighted by atomic mass is 35.5. The average molecular weight is 502 g/mol. The highest BCUT2D eigenvalue weighted by molar-refractivity contribution is 6.30. The van der Waals surface area contributed by atoms with Crippen LogP contribution < -0.4 is 16.2 Å². The number of aromatic nitrogens is 4. The van der Waals surface area contributed by atoms with Gasteiger partial charge in [-0.2, -0.15) is 10.4 Å². The van der Waals surface area contributed by atoms with Crippen molar-refractivity contribution in [2.75, 3.05) is 10.6 Å². The van der Waals surface area contributed by atoms with Gasteiger partial charge >= 0.3 is 0 Å². The lowest BCUT2D eigenvalue weighted by Crippen LogP contribution is -2.17. The molecule has 2 aromatic carbocycles. The summed E-state index contributed by atoms with van der Waals surface area (Å²) in [6.45, 7) is 6.08. The minimum Gasteiger partial charge on any atom is -0.326 e. The highest BCUT2D eigenvalue weighted by Gasteiger charge is 2.22. The number of rotatable bonds is 5. The first-order chi connectivity index (χ1) is 17.0. The number of aryl methyl sites for hydroxylation is 1. The van der Waals surface area contributed by atoms with Gasteiger partial charge in [0.25, 0.3) is 11.5 Å². The van der Waals surface area contributed by atoms with Gasteiger partial charge in [-0.3, -0.25) is 19.3 Å². The summed E-state index contributed by atoms with van der Waals surface area (Å²) in [6, 6.07) is 17.4. The smallest absolute Gasteiger partial charge is 0.273 e. The number of amides is 1. The third-order valence-corrected chi connectivity index (χ3v) is 5.66. The van der Waals surface area contributed by atoms with Crippen LogP contribution in [0.15, 0.2) is 59.4 Å². The summed E-state index contributed by atoms with van der Waals surface area (Å²) in [5, 5.41) is 20.5. The predicted octanol–water partition coefficient (Wildman–Crippen LogP) is 4.99. The molecular weight excluding hydrogens is 478 g/mol. The number of nitrogens with one attached hydrogen (secondary N) is 3. The molecule has 182 valence electrons. The van der Waals surface area contributed by atoms with Crippen molar-refractivity contribution < 1.29 is 4.79 Å². The first-order valence-corrected chi connectivity index (χ1v) is 11.5. The summed E-state index contributed by atoms with van der Waals surface area (Å²) in [6.07, 6.45) is 0. The number of nitrogens with zero attached hydrogens (tertiary/aromatic N) is 4. The number of carbonyl (C=O) groups is 1. The average Bonchev–Trinajstić information content (AvgIpc) is 3.23. The molecule has 0 fully saturated rings. The molecular formula is C26H24ClN7O2. The second kappa shape index (κ2) is 9.68. The number of H-pyrrole nitrogens is 1. The van der Waals surface area contributed by atoms with Gasteiger partial charge in [-0.05, 0) is 42.5 Å². The minimum atomic E-state index is -0.585. The molecule has 1 amide bonds. The maximum atomic E-state index is 13.0. The van der Waals surface area contributed by atoms with E-state index in [-0.39, 0.29) is 28.5 Å². The Hall–Kier alpha value is -4.42. The van der Waals surface area contributed by atoms with Crippen molar-refractivity contribution in [1.29, 1.82) is 5.26 Å². The first kappa shape index (κ1) is 24.7. The number of anilines is 3. The van der Waals surface area contributed by atoms with Gasteiger partial charge in [0.1, 0.15) is 17.3 Å². The highest BCUT2D eigenvalue weighted by Crippen LogP contribution is 2.26. The van der Waals surface area contributed by atoms with Crippen LogP contribution in [0.3, 0.4) is 0 Å². The van der Waals surface area contributed by atoms with Gasteiger partial charge in [0.15, 0.2) is 0 Å². The SMILES string of the molecule is Cn1nc(C(C)(C)C)cc1C(=O)Nc1cccc(-c2nc(Nc3ccc(Cl)cc3)[nH]c(=O)c2C#N)c1. The van der Waals surface area contributed by atoms with Crippen LogP contribution in [0.4, 0.5) is 17.3 Å². The molecule has 0 saturated heterocycles. The monoisotopic (exact) mass is 501 g/mol.